The Morgan fingerprint density at radius 1 is 1.39 bits per heavy atom. The van der Waals surface area contributed by atoms with Gasteiger partial charge >= 0.3 is 5.97 Å². The van der Waals surface area contributed by atoms with Gasteiger partial charge in [0.05, 0.1) is 24.0 Å². The van der Waals surface area contributed by atoms with Crippen LogP contribution >= 0.6 is 0 Å². The average molecular weight is 248 g/mol. The van der Waals surface area contributed by atoms with Gasteiger partial charge in [-0.2, -0.15) is 0 Å². The molecule has 3 N–H and O–H groups in total. The van der Waals surface area contributed by atoms with Crippen molar-refractivity contribution in [2.75, 3.05) is 18.2 Å². The van der Waals surface area contributed by atoms with Crippen molar-refractivity contribution in [2.24, 2.45) is 0 Å². The lowest BCUT2D eigenvalue weighted by molar-refractivity contribution is 0.0601. The molecule has 1 aliphatic carbocycles. The number of hydrogen-bond donors (Lipinski definition) is 2. The third kappa shape index (κ3) is 2.58. The van der Waals surface area contributed by atoms with Gasteiger partial charge < -0.3 is 15.8 Å². The molecule has 1 aromatic rings. The zero-order valence-corrected chi connectivity index (χ0v) is 11.0. The Balaban J connectivity index is 2.17. The van der Waals surface area contributed by atoms with E-state index in [0.717, 1.165) is 18.5 Å². The van der Waals surface area contributed by atoms with E-state index < -0.39 is 0 Å². The van der Waals surface area contributed by atoms with Crippen LogP contribution in [0.2, 0.25) is 0 Å². The van der Waals surface area contributed by atoms with Crippen LogP contribution in [0.1, 0.15) is 43.0 Å². The average Bonchev–Trinajstić information content (AvgIpc) is 2.77. The molecule has 4 heteroatoms. The van der Waals surface area contributed by atoms with Gasteiger partial charge in [0.15, 0.2) is 0 Å². The monoisotopic (exact) mass is 248 g/mol. The van der Waals surface area contributed by atoms with Crippen molar-refractivity contribution in [1.29, 1.82) is 0 Å². The number of carbonyl (C=O) groups excluding carboxylic acids is 1. The molecule has 0 aliphatic heterocycles. The summed E-state index contributed by atoms with van der Waals surface area (Å²) in [7, 11) is 1.37. The van der Waals surface area contributed by atoms with Gasteiger partial charge in [-0.05, 0) is 38.0 Å². The Bertz CT molecular complexity index is 451. The molecule has 0 radical (unpaired) electrons. The molecule has 0 amide bonds. The topological polar surface area (TPSA) is 64.3 Å². The highest BCUT2D eigenvalue weighted by Crippen LogP contribution is 2.34. The molecule has 1 saturated carbocycles. The number of anilines is 2. The van der Waals surface area contributed by atoms with E-state index in [1.807, 2.05) is 6.07 Å². The Labute approximate surface area is 108 Å². The summed E-state index contributed by atoms with van der Waals surface area (Å²) >= 11 is 0. The minimum atomic E-state index is -0.361. The number of esters is 1. The smallest absolute Gasteiger partial charge is 0.337 e. The van der Waals surface area contributed by atoms with Crippen LogP contribution in [-0.2, 0) is 4.74 Å². The molecule has 18 heavy (non-hydrogen) atoms. The van der Waals surface area contributed by atoms with Crippen LogP contribution in [0.5, 0.6) is 0 Å². The Hall–Kier alpha value is -1.71. The second kappa shape index (κ2) is 4.88. The summed E-state index contributed by atoms with van der Waals surface area (Å²) in [5, 5.41) is 3.49. The van der Waals surface area contributed by atoms with Crippen molar-refractivity contribution in [3.05, 3.63) is 23.8 Å². The van der Waals surface area contributed by atoms with Gasteiger partial charge in [-0.1, -0.05) is 12.8 Å². The molecule has 1 aliphatic rings. The molecule has 0 bridgehead atoms. The molecule has 1 fully saturated rings. The van der Waals surface area contributed by atoms with Crippen LogP contribution in [0.4, 0.5) is 11.4 Å². The SMILES string of the molecule is COC(=O)c1ccc(NC2(C)CCCC2)c(N)c1. The van der Waals surface area contributed by atoms with E-state index in [1.54, 1.807) is 12.1 Å². The lowest BCUT2D eigenvalue weighted by atomic mass is 9.99. The number of benzene rings is 1. The van der Waals surface area contributed by atoms with E-state index in [1.165, 1.54) is 20.0 Å². The first-order chi connectivity index (χ1) is 8.54. The Morgan fingerprint density at radius 3 is 2.61 bits per heavy atom. The third-order valence-corrected chi connectivity index (χ3v) is 3.62. The fourth-order valence-corrected chi connectivity index (χ4v) is 2.53. The van der Waals surface area contributed by atoms with Crippen LogP contribution in [0.25, 0.3) is 0 Å². The van der Waals surface area contributed by atoms with Crippen molar-refractivity contribution < 1.29 is 9.53 Å². The number of hydrogen-bond acceptors (Lipinski definition) is 4. The second-order valence-corrected chi connectivity index (χ2v) is 5.19. The maximum absolute atomic E-state index is 11.4. The van der Waals surface area contributed by atoms with E-state index in [4.69, 9.17) is 5.73 Å². The van der Waals surface area contributed by atoms with Crippen LogP contribution < -0.4 is 11.1 Å². The molecule has 0 unspecified atom stereocenters. The third-order valence-electron chi connectivity index (χ3n) is 3.62. The molecule has 1 aromatic carbocycles. The van der Waals surface area contributed by atoms with Crippen LogP contribution in [0.3, 0.4) is 0 Å². The van der Waals surface area contributed by atoms with Gasteiger partial charge in [-0.25, -0.2) is 4.79 Å². The van der Waals surface area contributed by atoms with Crippen molar-refractivity contribution in [2.45, 2.75) is 38.1 Å². The number of methoxy groups -OCH3 is 1. The van der Waals surface area contributed by atoms with Gasteiger partial charge in [-0.15, -0.1) is 0 Å². The predicted octanol–water partition coefficient (Wildman–Crippen LogP) is 2.80. The first-order valence-electron chi connectivity index (χ1n) is 6.30. The van der Waals surface area contributed by atoms with Crippen molar-refractivity contribution >= 4 is 17.3 Å². The van der Waals surface area contributed by atoms with Crippen LogP contribution in [0.15, 0.2) is 18.2 Å². The Morgan fingerprint density at radius 2 is 2.06 bits per heavy atom. The highest BCUT2D eigenvalue weighted by Gasteiger charge is 2.28. The minimum Gasteiger partial charge on any atom is -0.465 e. The first-order valence-corrected chi connectivity index (χ1v) is 6.30. The van der Waals surface area contributed by atoms with E-state index in [0.29, 0.717) is 11.3 Å². The fourth-order valence-electron chi connectivity index (χ4n) is 2.53. The lowest BCUT2D eigenvalue weighted by Crippen LogP contribution is -2.31. The van der Waals surface area contributed by atoms with E-state index in [9.17, 15) is 4.79 Å². The highest BCUT2D eigenvalue weighted by molar-refractivity contribution is 5.91. The number of nitrogens with one attached hydrogen (secondary N) is 1. The second-order valence-electron chi connectivity index (χ2n) is 5.19. The molecule has 0 saturated heterocycles. The molecular formula is C14H20N2O2. The first kappa shape index (κ1) is 12.7. The molecule has 0 atom stereocenters. The summed E-state index contributed by atoms with van der Waals surface area (Å²) in [5.74, 6) is -0.361. The number of rotatable bonds is 3. The van der Waals surface area contributed by atoms with E-state index in [-0.39, 0.29) is 11.5 Å². The van der Waals surface area contributed by atoms with Gasteiger partial charge in [0.2, 0.25) is 0 Å². The maximum Gasteiger partial charge on any atom is 0.337 e. The van der Waals surface area contributed by atoms with Crippen molar-refractivity contribution in [1.82, 2.24) is 0 Å². The van der Waals surface area contributed by atoms with Crippen LogP contribution in [0, 0.1) is 0 Å². The Kier molecular flexibility index (Phi) is 3.45. The molecule has 2 rings (SSSR count). The van der Waals surface area contributed by atoms with E-state index in [2.05, 4.69) is 17.0 Å². The largest absolute Gasteiger partial charge is 0.465 e. The van der Waals surface area contributed by atoms with Gasteiger partial charge in [0.25, 0.3) is 0 Å². The fraction of sp³-hybridized carbons (Fsp3) is 0.500. The molecule has 98 valence electrons. The molecule has 4 nitrogen and oxygen atoms in total. The van der Waals surface area contributed by atoms with Gasteiger partial charge in [0.1, 0.15) is 0 Å². The highest BCUT2D eigenvalue weighted by atomic mass is 16.5. The van der Waals surface area contributed by atoms with Gasteiger partial charge in [0, 0.05) is 5.54 Å². The summed E-state index contributed by atoms with van der Waals surface area (Å²) < 4.78 is 4.67. The number of nitrogens with two attached hydrogens (primary N) is 1. The zero-order chi connectivity index (χ0) is 13.2. The minimum absolute atomic E-state index is 0.126. The quantitative estimate of drug-likeness (QED) is 0.637. The summed E-state index contributed by atoms with van der Waals surface area (Å²) in [4.78, 5) is 11.4. The summed E-state index contributed by atoms with van der Waals surface area (Å²) in [6, 6.07) is 5.25. The summed E-state index contributed by atoms with van der Waals surface area (Å²) in [5.41, 5.74) is 8.07. The number of ether oxygens (including phenoxy) is 1. The normalized spacial score (nSPS) is 17.4. The van der Waals surface area contributed by atoms with Crippen LogP contribution in [-0.4, -0.2) is 18.6 Å². The molecule has 0 spiro atoms. The standard InChI is InChI=1S/C14H20N2O2/c1-14(7-3-4-8-14)16-12-6-5-10(9-11(12)15)13(17)18-2/h5-6,9,16H,3-4,7-8,15H2,1-2H3. The van der Waals surface area contributed by atoms with Crippen molar-refractivity contribution in [3.63, 3.8) is 0 Å². The lowest BCUT2D eigenvalue weighted by Gasteiger charge is -2.27. The molecule has 0 heterocycles. The number of nitrogen functional groups attached to an aromatic ring is 1. The summed E-state index contributed by atoms with van der Waals surface area (Å²) in [6.07, 6.45) is 4.82. The van der Waals surface area contributed by atoms with Crippen molar-refractivity contribution in [3.8, 4) is 0 Å². The van der Waals surface area contributed by atoms with E-state index >= 15 is 0 Å². The maximum atomic E-state index is 11.4. The van der Waals surface area contributed by atoms with Gasteiger partial charge in [-0.3, -0.25) is 0 Å². The zero-order valence-electron chi connectivity index (χ0n) is 11.0. The summed E-state index contributed by atoms with van der Waals surface area (Å²) in [6.45, 7) is 2.22. The molecular weight excluding hydrogens is 228 g/mol. The number of carbonyl (C=O) groups is 1. The predicted molar refractivity (Wildman–Crippen MR) is 72.7 cm³/mol. The molecule has 0 aromatic heterocycles.